The van der Waals surface area contributed by atoms with Gasteiger partial charge in [-0.15, -0.1) is 0 Å². The highest BCUT2D eigenvalue weighted by molar-refractivity contribution is 6.31. The number of halogens is 1. The van der Waals surface area contributed by atoms with E-state index in [-0.39, 0.29) is 12.2 Å². The zero-order valence-electron chi connectivity index (χ0n) is 12.8. The SMILES string of the molecule is CC(=O)c1cccc(NC(=O)C2Cc3ccc(Cl)cc3C(=O)O2)c1. The minimum Gasteiger partial charge on any atom is -0.448 e. The van der Waals surface area contributed by atoms with E-state index in [4.69, 9.17) is 16.3 Å². The Morgan fingerprint density at radius 2 is 2.00 bits per heavy atom. The summed E-state index contributed by atoms with van der Waals surface area (Å²) in [5.74, 6) is -1.11. The molecule has 1 unspecified atom stereocenters. The second-order valence-electron chi connectivity index (χ2n) is 5.53. The van der Waals surface area contributed by atoms with Crippen molar-refractivity contribution >= 4 is 34.9 Å². The molecule has 0 bridgehead atoms. The van der Waals surface area contributed by atoms with E-state index in [1.807, 2.05) is 0 Å². The number of carbonyl (C=O) groups is 3. The second-order valence-corrected chi connectivity index (χ2v) is 5.96. The van der Waals surface area contributed by atoms with Crippen LogP contribution in [0.3, 0.4) is 0 Å². The van der Waals surface area contributed by atoms with Crippen LogP contribution in [0.4, 0.5) is 5.69 Å². The first-order valence-electron chi connectivity index (χ1n) is 7.35. The molecule has 122 valence electrons. The number of ketones is 1. The average molecular weight is 344 g/mol. The van der Waals surface area contributed by atoms with E-state index in [2.05, 4.69) is 5.32 Å². The molecule has 0 spiro atoms. The van der Waals surface area contributed by atoms with Gasteiger partial charge in [0.05, 0.1) is 5.56 Å². The Kier molecular flexibility index (Phi) is 4.36. The topological polar surface area (TPSA) is 72.5 Å². The third-order valence-electron chi connectivity index (χ3n) is 3.78. The van der Waals surface area contributed by atoms with E-state index in [1.165, 1.54) is 13.0 Å². The van der Waals surface area contributed by atoms with Gasteiger partial charge in [-0.1, -0.05) is 29.8 Å². The maximum Gasteiger partial charge on any atom is 0.339 e. The van der Waals surface area contributed by atoms with Crippen molar-refractivity contribution in [2.75, 3.05) is 5.32 Å². The van der Waals surface area contributed by atoms with Gasteiger partial charge in [-0.25, -0.2) is 4.79 Å². The molecule has 1 N–H and O–H groups in total. The third-order valence-corrected chi connectivity index (χ3v) is 4.01. The predicted octanol–water partition coefficient (Wildman–Crippen LogP) is 3.26. The van der Waals surface area contributed by atoms with E-state index in [9.17, 15) is 14.4 Å². The normalized spacial score (nSPS) is 16.1. The highest BCUT2D eigenvalue weighted by Gasteiger charge is 2.31. The number of hydrogen-bond acceptors (Lipinski definition) is 4. The summed E-state index contributed by atoms with van der Waals surface area (Å²) in [6.07, 6.45) is -0.650. The summed E-state index contributed by atoms with van der Waals surface area (Å²) < 4.78 is 5.20. The summed E-state index contributed by atoms with van der Waals surface area (Å²) in [5.41, 5.74) is 2.07. The summed E-state index contributed by atoms with van der Waals surface area (Å²) in [5, 5.41) is 3.11. The molecule has 1 amide bonds. The predicted molar refractivity (Wildman–Crippen MR) is 89.4 cm³/mol. The number of cyclic esters (lactones) is 1. The molecule has 0 radical (unpaired) electrons. The number of nitrogens with one attached hydrogen (secondary N) is 1. The van der Waals surface area contributed by atoms with Gasteiger partial charge >= 0.3 is 5.97 Å². The molecule has 1 heterocycles. The number of benzene rings is 2. The molecule has 0 aliphatic carbocycles. The van der Waals surface area contributed by atoms with Crippen LogP contribution in [0.2, 0.25) is 5.02 Å². The molecule has 1 aliphatic rings. The highest BCUT2D eigenvalue weighted by Crippen LogP contribution is 2.25. The second kappa shape index (κ2) is 6.45. The molecule has 1 aliphatic heterocycles. The Balaban J connectivity index is 1.77. The van der Waals surface area contributed by atoms with Crippen LogP contribution in [0.1, 0.15) is 33.2 Å². The monoisotopic (exact) mass is 343 g/mol. The van der Waals surface area contributed by atoms with Crippen LogP contribution in [0, 0.1) is 0 Å². The minimum atomic E-state index is -0.924. The fourth-order valence-electron chi connectivity index (χ4n) is 2.54. The number of fused-ring (bicyclic) bond motifs is 1. The van der Waals surface area contributed by atoms with E-state index < -0.39 is 18.0 Å². The van der Waals surface area contributed by atoms with Gasteiger partial charge in [0.1, 0.15) is 0 Å². The van der Waals surface area contributed by atoms with Crippen molar-refractivity contribution in [1.29, 1.82) is 0 Å². The molecule has 2 aromatic rings. The standard InChI is InChI=1S/C18H14ClNO4/c1-10(21)11-3-2-4-14(7-11)20-17(22)16-8-12-5-6-13(19)9-15(12)18(23)24-16/h2-7,9,16H,8H2,1H3,(H,20,22). The van der Waals surface area contributed by atoms with E-state index >= 15 is 0 Å². The molecule has 0 aromatic heterocycles. The van der Waals surface area contributed by atoms with Crippen molar-refractivity contribution in [1.82, 2.24) is 0 Å². The van der Waals surface area contributed by atoms with Gasteiger partial charge in [-0.05, 0) is 36.8 Å². The summed E-state index contributed by atoms with van der Waals surface area (Å²) >= 11 is 5.87. The van der Waals surface area contributed by atoms with E-state index in [0.29, 0.717) is 27.4 Å². The van der Waals surface area contributed by atoms with Gasteiger partial charge in [0.15, 0.2) is 11.9 Å². The fourth-order valence-corrected chi connectivity index (χ4v) is 2.71. The quantitative estimate of drug-likeness (QED) is 0.685. The maximum atomic E-state index is 12.4. The lowest BCUT2D eigenvalue weighted by Gasteiger charge is -2.24. The first-order chi connectivity index (χ1) is 11.4. The lowest BCUT2D eigenvalue weighted by molar-refractivity contribution is -0.125. The Bertz CT molecular complexity index is 847. The first kappa shape index (κ1) is 16.2. The molecule has 3 rings (SSSR count). The molecule has 1 atom stereocenters. The fraction of sp³-hybridized carbons (Fsp3) is 0.167. The number of esters is 1. The number of anilines is 1. The summed E-state index contributed by atoms with van der Waals surface area (Å²) in [6, 6.07) is 11.5. The van der Waals surface area contributed by atoms with Crippen molar-refractivity contribution in [3.05, 3.63) is 64.2 Å². The van der Waals surface area contributed by atoms with Crippen LogP contribution in [-0.2, 0) is 16.0 Å². The minimum absolute atomic E-state index is 0.0963. The molecule has 6 heteroatoms. The first-order valence-corrected chi connectivity index (χ1v) is 7.73. The summed E-state index contributed by atoms with van der Waals surface area (Å²) in [4.78, 5) is 35.8. The number of hydrogen-bond donors (Lipinski definition) is 1. The van der Waals surface area contributed by atoms with Gasteiger partial charge in [-0.3, -0.25) is 9.59 Å². The number of carbonyl (C=O) groups excluding carboxylic acids is 3. The Labute approximate surface area is 143 Å². The zero-order chi connectivity index (χ0) is 17.3. The Morgan fingerprint density at radius 3 is 2.75 bits per heavy atom. The lowest BCUT2D eigenvalue weighted by Crippen LogP contribution is -2.38. The van der Waals surface area contributed by atoms with Crippen molar-refractivity contribution in [2.24, 2.45) is 0 Å². The van der Waals surface area contributed by atoms with E-state index in [0.717, 1.165) is 0 Å². The molecule has 0 saturated heterocycles. The largest absolute Gasteiger partial charge is 0.448 e. The molecule has 2 aromatic carbocycles. The number of Topliss-reactive ketones (excluding diaryl/α,β-unsaturated/α-hetero) is 1. The molecule has 5 nitrogen and oxygen atoms in total. The number of amides is 1. The zero-order valence-corrected chi connectivity index (χ0v) is 13.6. The molecule has 24 heavy (non-hydrogen) atoms. The van der Waals surface area contributed by atoms with Gasteiger partial charge in [0, 0.05) is 22.7 Å². The van der Waals surface area contributed by atoms with Crippen molar-refractivity contribution in [3.8, 4) is 0 Å². The van der Waals surface area contributed by atoms with Crippen LogP contribution in [0.15, 0.2) is 42.5 Å². The van der Waals surface area contributed by atoms with E-state index in [1.54, 1.807) is 36.4 Å². The van der Waals surface area contributed by atoms with Gasteiger partial charge in [0.25, 0.3) is 5.91 Å². The maximum absolute atomic E-state index is 12.4. The van der Waals surface area contributed by atoms with Crippen molar-refractivity contribution in [3.63, 3.8) is 0 Å². The van der Waals surface area contributed by atoms with Gasteiger partial charge in [-0.2, -0.15) is 0 Å². The third kappa shape index (κ3) is 3.31. The molecular weight excluding hydrogens is 330 g/mol. The van der Waals surface area contributed by atoms with Crippen LogP contribution in [0.25, 0.3) is 0 Å². The molecule has 0 saturated carbocycles. The lowest BCUT2D eigenvalue weighted by atomic mass is 9.98. The van der Waals surface area contributed by atoms with Crippen LogP contribution >= 0.6 is 11.6 Å². The average Bonchev–Trinajstić information content (AvgIpc) is 2.55. The number of rotatable bonds is 3. The van der Waals surface area contributed by atoms with Gasteiger partial charge in [0.2, 0.25) is 0 Å². The smallest absolute Gasteiger partial charge is 0.339 e. The highest BCUT2D eigenvalue weighted by atomic mass is 35.5. The van der Waals surface area contributed by atoms with Crippen LogP contribution < -0.4 is 5.32 Å². The number of ether oxygens (including phenoxy) is 1. The van der Waals surface area contributed by atoms with Crippen molar-refractivity contribution in [2.45, 2.75) is 19.4 Å². The van der Waals surface area contributed by atoms with Crippen molar-refractivity contribution < 1.29 is 19.1 Å². The Hall–Kier alpha value is -2.66. The summed E-state index contributed by atoms with van der Waals surface area (Å²) in [7, 11) is 0. The van der Waals surface area contributed by atoms with Crippen LogP contribution in [0.5, 0.6) is 0 Å². The molecule has 0 fully saturated rings. The molecular formula is C18H14ClNO4. The van der Waals surface area contributed by atoms with Gasteiger partial charge < -0.3 is 10.1 Å². The van der Waals surface area contributed by atoms with Crippen LogP contribution in [-0.4, -0.2) is 23.8 Å². The Morgan fingerprint density at radius 1 is 1.21 bits per heavy atom. The summed E-state index contributed by atoms with van der Waals surface area (Å²) in [6.45, 7) is 1.45.